The van der Waals surface area contributed by atoms with Gasteiger partial charge in [0.15, 0.2) is 5.78 Å². The van der Waals surface area contributed by atoms with Crippen LogP contribution in [-0.4, -0.2) is 25.1 Å². The smallest absolute Gasteiger partial charge is 0.166 e. The molecule has 2 aliphatic carbocycles. The van der Waals surface area contributed by atoms with Gasteiger partial charge < -0.3 is 5.11 Å². The zero-order valence-electron chi connectivity index (χ0n) is 13.5. The lowest BCUT2D eigenvalue weighted by Gasteiger charge is -2.45. The van der Waals surface area contributed by atoms with Gasteiger partial charge in [-0.05, 0) is 32.1 Å². The first-order valence-electron chi connectivity index (χ1n) is 8.06. The summed E-state index contributed by atoms with van der Waals surface area (Å²) in [6.07, 6.45) is 2.70. The van der Waals surface area contributed by atoms with Gasteiger partial charge in [-0.25, -0.2) is 0 Å². The Morgan fingerprint density at radius 1 is 1.24 bits per heavy atom. The number of carbonyl (C=O) groups is 1. The van der Waals surface area contributed by atoms with Crippen molar-refractivity contribution in [2.24, 2.45) is 11.8 Å². The summed E-state index contributed by atoms with van der Waals surface area (Å²) in [5.74, 6) is 0.707. The van der Waals surface area contributed by atoms with E-state index in [1.807, 2.05) is 31.2 Å². The third-order valence-corrected chi connectivity index (χ3v) is 9.78. The number of ketones is 1. The number of benzene rings is 1. The maximum Gasteiger partial charge on any atom is 0.166 e. The van der Waals surface area contributed by atoms with Crippen molar-refractivity contribution in [1.82, 2.24) is 0 Å². The van der Waals surface area contributed by atoms with E-state index in [0.717, 1.165) is 24.8 Å². The van der Waals surface area contributed by atoms with Gasteiger partial charge in [0, 0.05) is 16.5 Å². The Morgan fingerprint density at radius 3 is 2.38 bits per heavy atom. The number of hydrogen-bond acceptors (Lipinski definition) is 2. The van der Waals surface area contributed by atoms with Crippen molar-refractivity contribution in [1.29, 1.82) is 0 Å². The molecule has 114 valence electrons. The van der Waals surface area contributed by atoms with E-state index >= 15 is 0 Å². The highest BCUT2D eigenvalue weighted by molar-refractivity contribution is 6.79. The predicted octanol–water partition coefficient (Wildman–Crippen LogP) is 4.05. The highest BCUT2D eigenvalue weighted by Crippen LogP contribution is 2.68. The number of Topliss-reactive ketones (excluding diaryl/α,β-unsaturated/α-hetero) is 1. The summed E-state index contributed by atoms with van der Waals surface area (Å²) in [5, 5.41) is 10.6. The number of aliphatic hydroxyl groups is 1. The van der Waals surface area contributed by atoms with Crippen LogP contribution in [0.4, 0.5) is 0 Å². The maximum atomic E-state index is 13.1. The van der Waals surface area contributed by atoms with E-state index in [0.29, 0.717) is 5.92 Å². The van der Waals surface area contributed by atoms with Crippen molar-refractivity contribution in [2.75, 3.05) is 0 Å². The minimum Gasteiger partial charge on any atom is -0.393 e. The zero-order valence-corrected chi connectivity index (χ0v) is 14.5. The molecule has 0 amide bonds. The first kappa shape index (κ1) is 15.0. The minimum atomic E-state index is -1.64. The molecule has 1 unspecified atom stereocenters. The molecule has 1 N–H and O–H groups in total. The van der Waals surface area contributed by atoms with Crippen LogP contribution in [0.25, 0.3) is 0 Å². The molecule has 3 rings (SSSR count). The molecule has 2 saturated carbocycles. The van der Waals surface area contributed by atoms with E-state index in [9.17, 15) is 9.90 Å². The van der Waals surface area contributed by atoms with Gasteiger partial charge in [0.2, 0.25) is 0 Å². The van der Waals surface area contributed by atoms with Crippen LogP contribution in [0, 0.1) is 18.8 Å². The molecule has 0 spiro atoms. The normalized spacial score (nSPS) is 35.2. The second kappa shape index (κ2) is 4.78. The van der Waals surface area contributed by atoms with Crippen LogP contribution in [0.1, 0.15) is 35.2 Å². The highest BCUT2D eigenvalue weighted by Gasteiger charge is 2.66. The first-order valence-corrected chi connectivity index (χ1v) is 11.6. The largest absolute Gasteiger partial charge is 0.393 e. The van der Waals surface area contributed by atoms with Gasteiger partial charge in [-0.1, -0.05) is 49.5 Å². The summed E-state index contributed by atoms with van der Waals surface area (Å²) in [7, 11) is -1.64. The molecule has 2 bridgehead atoms. The molecular formula is C18H26O2Si. The molecule has 0 heterocycles. The molecule has 0 aromatic heterocycles. The number of fused-ring (bicyclic) bond motifs is 2. The van der Waals surface area contributed by atoms with Crippen molar-refractivity contribution < 1.29 is 9.90 Å². The number of carbonyl (C=O) groups excluding carboxylic acids is 1. The third kappa shape index (κ3) is 2.05. The molecule has 0 saturated heterocycles. The monoisotopic (exact) mass is 302 g/mol. The van der Waals surface area contributed by atoms with Crippen LogP contribution in [0.3, 0.4) is 0 Å². The van der Waals surface area contributed by atoms with E-state index in [1.54, 1.807) is 0 Å². The molecular weight excluding hydrogens is 276 g/mol. The third-order valence-electron chi connectivity index (χ3n) is 6.09. The van der Waals surface area contributed by atoms with E-state index in [4.69, 9.17) is 0 Å². The van der Waals surface area contributed by atoms with Gasteiger partial charge in [0.1, 0.15) is 0 Å². The van der Waals surface area contributed by atoms with Gasteiger partial charge in [0.05, 0.1) is 14.2 Å². The molecule has 1 aromatic rings. The fraction of sp³-hybridized carbons (Fsp3) is 0.611. The SMILES string of the molecule is Cc1ccc(C(=O)C2[C@@H]3CC[C@@]2([Si](C)(C)C)[C@H](O)C3)cc1. The molecule has 4 atom stereocenters. The Hall–Kier alpha value is -0.933. The second-order valence-corrected chi connectivity index (χ2v) is 13.5. The molecule has 2 nitrogen and oxygen atoms in total. The zero-order chi connectivity index (χ0) is 15.4. The fourth-order valence-electron chi connectivity index (χ4n) is 4.98. The summed E-state index contributed by atoms with van der Waals surface area (Å²) in [5.41, 5.74) is 2.01. The van der Waals surface area contributed by atoms with E-state index in [-0.39, 0.29) is 22.8 Å². The Morgan fingerprint density at radius 2 is 1.86 bits per heavy atom. The molecule has 0 aliphatic heterocycles. The summed E-state index contributed by atoms with van der Waals surface area (Å²) in [6, 6.07) is 7.95. The summed E-state index contributed by atoms with van der Waals surface area (Å²) < 4.78 is 0. The van der Waals surface area contributed by atoms with Crippen LogP contribution in [0.2, 0.25) is 24.7 Å². The van der Waals surface area contributed by atoms with Crippen molar-refractivity contribution in [3.05, 3.63) is 35.4 Å². The first-order chi connectivity index (χ1) is 9.77. The minimum absolute atomic E-state index is 0.0434. The lowest BCUT2D eigenvalue weighted by Crippen LogP contribution is -2.48. The highest BCUT2D eigenvalue weighted by atomic mass is 28.3. The van der Waals surface area contributed by atoms with Crippen molar-refractivity contribution in [2.45, 2.75) is 57.0 Å². The average Bonchev–Trinajstić information content (AvgIpc) is 2.91. The Balaban J connectivity index is 2.01. The van der Waals surface area contributed by atoms with Crippen LogP contribution in [0.5, 0.6) is 0 Å². The average molecular weight is 302 g/mol. The van der Waals surface area contributed by atoms with E-state index in [1.165, 1.54) is 5.56 Å². The molecule has 1 aromatic carbocycles. The van der Waals surface area contributed by atoms with Crippen molar-refractivity contribution >= 4 is 13.9 Å². The van der Waals surface area contributed by atoms with Gasteiger partial charge in [-0.15, -0.1) is 0 Å². The van der Waals surface area contributed by atoms with Crippen LogP contribution in [-0.2, 0) is 0 Å². The van der Waals surface area contributed by atoms with Crippen molar-refractivity contribution in [3.63, 3.8) is 0 Å². The quantitative estimate of drug-likeness (QED) is 0.675. The standard InChI is InChI=1S/C18H26O2Si/c1-12-5-7-13(8-6-12)17(20)16-14-9-10-18(16,15(19)11-14)21(2,3)4/h5-8,14-16,19H,9-11H2,1-4H3/t14-,15-,16?,18-/m1/s1. The summed E-state index contributed by atoms with van der Waals surface area (Å²) in [4.78, 5) is 13.1. The summed E-state index contributed by atoms with van der Waals surface area (Å²) >= 11 is 0. The second-order valence-electron chi connectivity index (χ2n) is 8.05. The lowest BCUT2D eigenvalue weighted by atomic mass is 9.87. The van der Waals surface area contributed by atoms with E-state index in [2.05, 4.69) is 19.6 Å². The van der Waals surface area contributed by atoms with E-state index < -0.39 is 8.07 Å². The lowest BCUT2D eigenvalue weighted by molar-refractivity contribution is 0.0829. The Bertz CT molecular complexity index is 558. The van der Waals surface area contributed by atoms with Crippen LogP contribution in [0.15, 0.2) is 24.3 Å². The van der Waals surface area contributed by atoms with Gasteiger partial charge in [-0.2, -0.15) is 0 Å². The number of hydrogen-bond donors (Lipinski definition) is 1. The Kier molecular flexibility index (Phi) is 3.41. The molecule has 0 radical (unpaired) electrons. The van der Waals surface area contributed by atoms with Crippen LogP contribution < -0.4 is 0 Å². The molecule has 2 fully saturated rings. The van der Waals surface area contributed by atoms with Crippen molar-refractivity contribution in [3.8, 4) is 0 Å². The number of rotatable bonds is 3. The van der Waals surface area contributed by atoms with Crippen LogP contribution >= 0.6 is 0 Å². The number of aryl methyl sites for hydroxylation is 1. The topological polar surface area (TPSA) is 37.3 Å². The predicted molar refractivity (Wildman–Crippen MR) is 88.4 cm³/mol. The molecule has 3 heteroatoms. The summed E-state index contributed by atoms with van der Waals surface area (Å²) in [6.45, 7) is 9.00. The van der Waals surface area contributed by atoms with Gasteiger partial charge in [-0.3, -0.25) is 4.79 Å². The fourth-order valence-corrected chi connectivity index (χ4v) is 8.29. The van der Waals surface area contributed by atoms with Gasteiger partial charge >= 0.3 is 0 Å². The number of aliphatic hydroxyl groups excluding tert-OH is 1. The maximum absolute atomic E-state index is 13.1. The van der Waals surface area contributed by atoms with Gasteiger partial charge in [0.25, 0.3) is 0 Å². The Labute approximate surface area is 128 Å². The molecule has 2 aliphatic rings. The molecule has 21 heavy (non-hydrogen) atoms.